The fourth-order valence-corrected chi connectivity index (χ4v) is 3.86. The lowest BCUT2D eigenvalue weighted by molar-refractivity contribution is 0.393. The van der Waals surface area contributed by atoms with Crippen molar-refractivity contribution in [2.45, 2.75) is 31.7 Å². The van der Waals surface area contributed by atoms with Crippen molar-refractivity contribution in [3.63, 3.8) is 0 Å². The summed E-state index contributed by atoms with van der Waals surface area (Å²) >= 11 is 0. The van der Waals surface area contributed by atoms with Gasteiger partial charge in [-0.05, 0) is 61.1 Å². The number of para-hydroxylation sites is 1. The summed E-state index contributed by atoms with van der Waals surface area (Å²) in [5.41, 5.74) is 8.91. The largest absolute Gasteiger partial charge is 0.327 e. The third kappa shape index (κ3) is 2.04. The van der Waals surface area contributed by atoms with Gasteiger partial charge in [-0.3, -0.25) is 4.98 Å². The Balaban J connectivity index is 1.57. The van der Waals surface area contributed by atoms with Crippen LogP contribution in [0, 0.1) is 17.8 Å². The molecule has 3 atom stereocenters. The molecule has 0 saturated heterocycles. The predicted octanol–water partition coefficient (Wildman–Crippen LogP) is 3.15. The molecule has 2 aromatic rings. The van der Waals surface area contributed by atoms with E-state index in [1.165, 1.54) is 30.2 Å². The van der Waals surface area contributed by atoms with E-state index in [1.807, 2.05) is 12.3 Å². The molecule has 0 aliphatic heterocycles. The van der Waals surface area contributed by atoms with Crippen LogP contribution in [-0.4, -0.2) is 11.0 Å². The average molecular weight is 252 g/mol. The third-order valence-electron chi connectivity index (χ3n) is 5.08. The van der Waals surface area contributed by atoms with Gasteiger partial charge in [-0.1, -0.05) is 18.2 Å². The van der Waals surface area contributed by atoms with Crippen LogP contribution in [0.25, 0.3) is 10.9 Å². The molecule has 2 nitrogen and oxygen atoms in total. The number of fused-ring (bicyclic) bond motifs is 2. The van der Waals surface area contributed by atoms with Crippen LogP contribution in [0.15, 0.2) is 36.5 Å². The summed E-state index contributed by atoms with van der Waals surface area (Å²) in [6.07, 6.45) is 7.12. The van der Waals surface area contributed by atoms with Gasteiger partial charge in [0.1, 0.15) is 0 Å². The Morgan fingerprint density at radius 1 is 1.11 bits per heavy atom. The Bertz CT molecular complexity index is 592. The van der Waals surface area contributed by atoms with Crippen molar-refractivity contribution in [1.82, 2.24) is 4.98 Å². The second kappa shape index (κ2) is 4.31. The maximum absolute atomic E-state index is 6.46. The van der Waals surface area contributed by atoms with Crippen molar-refractivity contribution in [2.75, 3.05) is 0 Å². The quantitative estimate of drug-likeness (QED) is 0.911. The molecule has 0 amide bonds. The van der Waals surface area contributed by atoms with Gasteiger partial charge in [0.05, 0.1) is 5.52 Å². The molecule has 3 unspecified atom stereocenters. The summed E-state index contributed by atoms with van der Waals surface area (Å²) in [6.45, 7) is 0. The number of nitrogens with zero attached hydrogens (tertiary/aromatic N) is 1. The first-order valence-corrected chi connectivity index (χ1v) is 7.39. The topological polar surface area (TPSA) is 38.9 Å². The zero-order valence-corrected chi connectivity index (χ0v) is 11.1. The Labute approximate surface area is 114 Å². The maximum atomic E-state index is 6.46. The molecule has 19 heavy (non-hydrogen) atoms. The molecule has 1 heterocycles. The highest BCUT2D eigenvalue weighted by Gasteiger charge is 2.47. The molecule has 0 bridgehead atoms. The Kier molecular flexibility index (Phi) is 2.59. The van der Waals surface area contributed by atoms with E-state index in [9.17, 15) is 0 Å². The molecule has 2 aliphatic carbocycles. The molecule has 0 spiro atoms. The fraction of sp³-hybridized carbons (Fsp3) is 0.471. The van der Waals surface area contributed by atoms with Crippen molar-refractivity contribution in [3.8, 4) is 0 Å². The average Bonchev–Trinajstić information content (AvgIpc) is 3.05. The normalized spacial score (nSPS) is 30.3. The number of hydrogen-bond donors (Lipinski definition) is 1. The number of benzene rings is 1. The first kappa shape index (κ1) is 11.4. The van der Waals surface area contributed by atoms with Crippen molar-refractivity contribution in [2.24, 2.45) is 23.5 Å². The molecule has 1 aromatic carbocycles. The second-order valence-electron chi connectivity index (χ2n) is 6.34. The highest BCUT2D eigenvalue weighted by atomic mass is 14.7. The minimum atomic E-state index is 0.318. The van der Waals surface area contributed by atoms with E-state index in [-0.39, 0.29) is 0 Å². The van der Waals surface area contributed by atoms with Crippen LogP contribution in [0.5, 0.6) is 0 Å². The summed E-state index contributed by atoms with van der Waals surface area (Å²) in [5.74, 6) is 2.78. The molecule has 2 N–H and O–H groups in total. The molecule has 2 fully saturated rings. The molecule has 0 radical (unpaired) electrons. The van der Waals surface area contributed by atoms with Gasteiger partial charge in [0.15, 0.2) is 0 Å². The van der Waals surface area contributed by atoms with Crippen molar-refractivity contribution in [3.05, 3.63) is 42.1 Å². The van der Waals surface area contributed by atoms with Crippen LogP contribution in [0.3, 0.4) is 0 Å². The lowest BCUT2D eigenvalue weighted by Gasteiger charge is -2.21. The number of aromatic nitrogens is 1. The zero-order chi connectivity index (χ0) is 12.8. The molecule has 1 aromatic heterocycles. The first-order chi connectivity index (χ1) is 9.31. The van der Waals surface area contributed by atoms with Gasteiger partial charge in [0, 0.05) is 17.6 Å². The van der Waals surface area contributed by atoms with Crippen LogP contribution in [-0.2, 0) is 6.42 Å². The number of hydrogen-bond acceptors (Lipinski definition) is 2. The first-order valence-electron chi connectivity index (χ1n) is 7.39. The summed E-state index contributed by atoms with van der Waals surface area (Å²) in [4.78, 5) is 4.42. The van der Waals surface area contributed by atoms with Crippen LogP contribution in [0.1, 0.15) is 24.8 Å². The number of nitrogens with two attached hydrogens (primary N) is 1. The lowest BCUT2D eigenvalue weighted by Crippen LogP contribution is -2.31. The van der Waals surface area contributed by atoms with E-state index >= 15 is 0 Å². The van der Waals surface area contributed by atoms with Crippen LogP contribution >= 0.6 is 0 Å². The number of pyridine rings is 1. The van der Waals surface area contributed by atoms with E-state index in [4.69, 9.17) is 5.73 Å². The molecule has 2 aliphatic rings. The summed E-state index contributed by atoms with van der Waals surface area (Å²) in [7, 11) is 0. The van der Waals surface area contributed by atoms with Gasteiger partial charge in [-0.15, -0.1) is 0 Å². The molecule has 98 valence electrons. The molecule has 2 saturated carbocycles. The highest BCUT2D eigenvalue weighted by molar-refractivity contribution is 5.81. The Hall–Kier alpha value is -1.41. The minimum Gasteiger partial charge on any atom is -0.327 e. The highest BCUT2D eigenvalue weighted by Crippen LogP contribution is 2.55. The SMILES string of the molecule is NC(Cc1ccnc2ccccc12)C1CC2CC2C1. The molecule has 2 heteroatoms. The molecular formula is C17H20N2. The smallest absolute Gasteiger partial charge is 0.0704 e. The van der Waals surface area contributed by atoms with Crippen molar-refractivity contribution < 1.29 is 0 Å². The van der Waals surface area contributed by atoms with Gasteiger partial charge in [-0.25, -0.2) is 0 Å². The van der Waals surface area contributed by atoms with Gasteiger partial charge < -0.3 is 5.73 Å². The fourth-order valence-electron chi connectivity index (χ4n) is 3.86. The van der Waals surface area contributed by atoms with E-state index in [2.05, 4.69) is 29.2 Å². The summed E-state index contributed by atoms with van der Waals surface area (Å²) in [6, 6.07) is 10.8. The van der Waals surface area contributed by atoms with Crippen molar-refractivity contribution >= 4 is 10.9 Å². The van der Waals surface area contributed by atoms with E-state index in [0.717, 1.165) is 29.7 Å². The molecular weight excluding hydrogens is 232 g/mol. The van der Waals surface area contributed by atoms with Gasteiger partial charge >= 0.3 is 0 Å². The number of rotatable bonds is 3. The van der Waals surface area contributed by atoms with Gasteiger partial charge in [0.2, 0.25) is 0 Å². The monoisotopic (exact) mass is 252 g/mol. The van der Waals surface area contributed by atoms with Crippen LogP contribution in [0.4, 0.5) is 0 Å². The standard InChI is InChI=1S/C17H20N2/c18-16(14-8-12-7-13(12)9-14)10-11-5-6-19-17-4-2-1-3-15(11)17/h1-6,12-14,16H,7-10,18H2. The van der Waals surface area contributed by atoms with E-state index < -0.39 is 0 Å². The summed E-state index contributed by atoms with van der Waals surface area (Å²) < 4.78 is 0. The second-order valence-corrected chi connectivity index (χ2v) is 6.34. The van der Waals surface area contributed by atoms with Crippen LogP contribution in [0.2, 0.25) is 0 Å². The van der Waals surface area contributed by atoms with Crippen LogP contribution < -0.4 is 5.73 Å². The predicted molar refractivity (Wildman–Crippen MR) is 77.7 cm³/mol. The van der Waals surface area contributed by atoms with Gasteiger partial charge in [-0.2, -0.15) is 0 Å². The zero-order valence-electron chi connectivity index (χ0n) is 11.1. The Morgan fingerprint density at radius 3 is 2.74 bits per heavy atom. The van der Waals surface area contributed by atoms with E-state index in [1.54, 1.807) is 0 Å². The minimum absolute atomic E-state index is 0.318. The summed E-state index contributed by atoms with van der Waals surface area (Å²) in [5, 5.41) is 1.27. The maximum Gasteiger partial charge on any atom is 0.0704 e. The van der Waals surface area contributed by atoms with Crippen molar-refractivity contribution in [1.29, 1.82) is 0 Å². The van der Waals surface area contributed by atoms with Gasteiger partial charge in [0.25, 0.3) is 0 Å². The Morgan fingerprint density at radius 2 is 1.89 bits per heavy atom. The third-order valence-corrected chi connectivity index (χ3v) is 5.08. The molecule has 4 rings (SSSR count). The lowest BCUT2D eigenvalue weighted by atomic mass is 9.89. The van der Waals surface area contributed by atoms with E-state index in [0.29, 0.717) is 6.04 Å².